The topological polar surface area (TPSA) is 82.5 Å². The van der Waals surface area contributed by atoms with Gasteiger partial charge in [0, 0.05) is 56.0 Å². The van der Waals surface area contributed by atoms with Gasteiger partial charge in [-0.3, -0.25) is 14.3 Å². The van der Waals surface area contributed by atoms with E-state index >= 15 is 0 Å². The lowest BCUT2D eigenvalue weighted by atomic mass is 10.0. The number of fused-ring (bicyclic) bond motifs is 1. The Morgan fingerprint density at radius 3 is 2.59 bits per heavy atom. The zero-order chi connectivity index (χ0) is 23.5. The second-order valence-corrected chi connectivity index (χ2v) is 8.96. The number of hydrogen-bond acceptors (Lipinski definition) is 5. The minimum Gasteiger partial charge on any atom is -0.371 e. The number of nitrogens with one attached hydrogen (secondary N) is 2. The maximum Gasteiger partial charge on any atom is 0.257 e. The van der Waals surface area contributed by atoms with Crippen LogP contribution in [0.2, 0.25) is 0 Å². The Morgan fingerprint density at radius 2 is 1.82 bits per heavy atom. The fourth-order valence-electron chi connectivity index (χ4n) is 4.83. The average Bonchev–Trinajstić information content (AvgIpc) is 3.53. The van der Waals surface area contributed by atoms with Crippen LogP contribution < -0.4 is 15.5 Å². The van der Waals surface area contributed by atoms with E-state index in [0.717, 1.165) is 48.4 Å². The third-order valence-electron chi connectivity index (χ3n) is 6.79. The molecule has 2 aromatic carbocycles. The van der Waals surface area contributed by atoms with Crippen LogP contribution in [-0.4, -0.2) is 52.7 Å². The predicted octanol–water partition coefficient (Wildman–Crippen LogP) is 2.87. The van der Waals surface area contributed by atoms with Crippen molar-refractivity contribution in [3.8, 4) is 0 Å². The van der Waals surface area contributed by atoms with Crippen molar-refractivity contribution in [3.63, 3.8) is 0 Å². The molecule has 1 fully saturated rings. The quantitative estimate of drug-likeness (QED) is 0.594. The molecule has 34 heavy (non-hydrogen) atoms. The fraction of sp³-hybridized carbons (Fsp3) is 0.346. The molecule has 0 bridgehead atoms. The van der Waals surface area contributed by atoms with E-state index < -0.39 is 0 Å². The maximum atomic E-state index is 13.2. The number of carbonyl (C=O) groups excluding carboxylic acids is 2. The van der Waals surface area contributed by atoms with Gasteiger partial charge in [0.25, 0.3) is 5.91 Å². The van der Waals surface area contributed by atoms with E-state index in [1.165, 1.54) is 0 Å². The highest BCUT2D eigenvalue weighted by atomic mass is 16.2. The van der Waals surface area contributed by atoms with Crippen molar-refractivity contribution < 1.29 is 9.59 Å². The van der Waals surface area contributed by atoms with Gasteiger partial charge in [-0.15, -0.1) is 0 Å². The molecule has 3 heterocycles. The van der Waals surface area contributed by atoms with Crippen molar-refractivity contribution in [1.29, 1.82) is 0 Å². The van der Waals surface area contributed by atoms with Crippen molar-refractivity contribution in [2.24, 2.45) is 0 Å². The third kappa shape index (κ3) is 4.68. The molecule has 0 spiro atoms. The fourth-order valence-corrected chi connectivity index (χ4v) is 4.83. The van der Waals surface area contributed by atoms with Gasteiger partial charge in [0.05, 0.1) is 5.56 Å². The lowest BCUT2D eigenvalue weighted by Gasteiger charge is -2.34. The van der Waals surface area contributed by atoms with Crippen molar-refractivity contribution in [2.75, 3.05) is 30.4 Å². The van der Waals surface area contributed by atoms with Crippen LogP contribution in [0.25, 0.3) is 0 Å². The molecule has 0 saturated carbocycles. The predicted molar refractivity (Wildman–Crippen MR) is 132 cm³/mol. The summed E-state index contributed by atoms with van der Waals surface area (Å²) >= 11 is 0. The monoisotopic (exact) mass is 458 g/mol. The minimum absolute atomic E-state index is 0.0291. The van der Waals surface area contributed by atoms with E-state index in [-0.39, 0.29) is 18.4 Å². The molecule has 2 amide bonds. The Labute approximate surface area is 199 Å². The number of para-hydroxylation sites is 1. The molecule has 8 nitrogen and oxygen atoms in total. The molecule has 0 aliphatic carbocycles. The molecule has 2 aliphatic heterocycles. The van der Waals surface area contributed by atoms with Crippen LogP contribution in [-0.2, 0) is 24.4 Å². The van der Waals surface area contributed by atoms with Gasteiger partial charge in [-0.05, 0) is 61.3 Å². The maximum absolute atomic E-state index is 13.2. The van der Waals surface area contributed by atoms with Gasteiger partial charge < -0.3 is 20.4 Å². The molecule has 5 rings (SSSR count). The standard InChI is InChI=1S/C26H30N6O2/c1-27-21-9-13-30(14-10-21)24-6-3-2-5-23(24)26(34)29-22-8-7-19-16-31(17-20(19)15-22)25(33)18-32-12-4-11-28-32/h2-8,11-12,15,21,27H,9-10,13-14,16-18H2,1H3,(H,29,34). The molecule has 1 aromatic heterocycles. The van der Waals surface area contributed by atoms with Gasteiger partial charge in [-0.2, -0.15) is 5.10 Å². The largest absolute Gasteiger partial charge is 0.371 e. The SMILES string of the molecule is CNC1CCN(c2ccccc2C(=O)Nc2ccc3c(c2)CN(C(=O)Cn2cccn2)C3)CC1. The Hall–Kier alpha value is -3.65. The zero-order valence-corrected chi connectivity index (χ0v) is 19.4. The first kappa shape index (κ1) is 22.2. The first-order valence-electron chi connectivity index (χ1n) is 11.8. The van der Waals surface area contributed by atoms with Gasteiger partial charge in [0.15, 0.2) is 0 Å². The van der Waals surface area contributed by atoms with E-state index in [0.29, 0.717) is 24.7 Å². The van der Waals surface area contributed by atoms with Crippen LogP contribution in [0, 0.1) is 0 Å². The van der Waals surface area contributed by atoms with Crippen LogP contribution >= 0.6 is 0 Å². The van der Waals surface area contributed by atoms with Crippen molar-refractivity contribution in [1.82, 2.24) is 20.0 Å². The Bertz CT molecular complexity index is 1170. The lowest BCUT2D eigenvalue weighted by molar-refractivity contribution is -0.132. The number of rotatable bonds is 6. The molecule has 1 saturated heterocycles. The highest BCUT2D eigenvalue weighted by molar-refractivity contribution is 6.08. The number of hydrogen-bond donors (Lipinski definition) is 2. The van der Waals surface area contributed by atoms with E-state index in [1.54, 1.807) is 17.1 Å². The summed E-state index contributed by atoms with van der Waals surface area (Å²) in [6.45, 7) is 3.20. The smallest absolute Gasteiger partial charge is 0.257 e. The molecule has 0 atom stereocenters. The summed E-state index contributed by atoms with van der Waals surface area (Å²) in [7, 11) is 2.01. The van der Waals surface area contributed by atoms with E-state index in [4.69, 9.17) is 0 Å². The molecule has 0 unspecified atom stereocenters. The second kappa shape index (κ2) is 9.69. The van der Waals surface area contributed by atoms with Crippen LogP contribution in [0.1, 0.15) is 34.3 Å². The molecular formula is C26H30N6O2. The Kier molecular flexibility index (Phi) is 6.31. The third-order valence-corrected chi connectivity index (χ3v) is 6.79. The Balaban J connectivity index is 1.25. The van der Waals surface area contributed by atoms with E-state index in [2.05, 4.69) is 20.6 Å². The number of anilines is 2. The minimum atomic E-state index is -0.115. The van der Waals surface area contributed by atoms with E-state index in [9.17, 15) is 9.59 Å². The number of amides is 2. The van der Waals surface area contributed by atoms with Gasteiger partial charge in [0.2, 0.25) is 5.91 Å². The molecule has 8 heteroatoms. The molecule has 176 valence electrons. The van der Waals surface area contributed by atoms with E-state index in [1.807, 2.05) is 60.5 Å². The second-order valence-electron chi connectivity index (χ2n) is 8.96. The number of nitrogens with zero attached hydrogens (tertiary/aromatic N) is 4. The normalized spacial score (nSPS) is 15.9. The summed E-state index contributed by atoms with van der Waals surface area (Å²) in [5.74, 6) is -0.0858. The zero-order valence-electron chi connectivity index (χ0n) is 19.4. The first-order chi connectivity index (χ1) is 16.6. The average molecular weight is 459 g/mol. The van der Waals surface area contributed by atoms with Crippen LogP contribution in [0.15, 0.2) is 60.9 Å². The lowest BCUT2D eigenvalue weighted by Crippen LogP contribution is -2.41. The highest BCUT2D eigenvalue weighted by Gasteiger charge is 2.25. The number of benzene rings is 2. The van der Waals surface area contributed by atoms with Crippen LogP contribution in [0.3, 0.4) is 0 Å². The summed E-state index contributed by atoms with van der Waals surface area (Å²) < 4.78 is 1.63. The molecule has 2 N–H and O–H groups in total. The van der Waals surface area contributed by atoms with Gasteiger partial charge in [-0.1, -0.05) is 18.2 Å². The van der Waals surface area contributed by atoms with Crippen molar-refractivity contribution >= 4 is 23.2 Å². The number of piperidine rings is 1. The molecule has 2 aliphatic rings. The van der Waals surface area contributed by atoms with Gasteiger partial charge in [-0.25, -0.2) is 0 Å². The van der Waals surface area contributed by atoms with Gasteiger partial charge >= 0.3 is 0 Å². The Morgan fingerprint density at radius 1 is 1.03 bits per heavy atom. The van der Waals surface area contributed by atoms with Crippen LogP contribution in [0.4, 0.5) is 11.4 Å². The molecule has 0 radical (unpaired) electrons. The van der Waals surface area contributed by atoms with Crippen molar-refractivity contribution in [3.05, 3.63) is 77.6 Å². The van der Waals surface area contributed by atoms with Crippen molar-refractivity contribution in [2.45, 2.75) is 38.5 Å². The van der Waals surface area contributed by atoms with Gasteiger partial charge in [0.1, 0.15) is 6.54 Å². The highest BCUT2D eigenvalue weighted by Crippen LogP contribution is 2.28. The summed E-state index contributed by atoms with van der Waals surface area (Å²) in [5.41, 5.74) is 4.58. The van der Waals surface area contributed by atoms with Crippen LogP contribution in [0.5, 0.6) is 0 Å². The first-order valence-corrected chi connectivity index (χ1v) is 11.8. The summed E-state index contributed by atoms with van der Waals surface area (Å²) in [5, 5.41) is 10.5. The number of aromatic nitrogens is 2. The summed E-state index contributed by atoms with van der Waals surface area (Å²) in [6.07, 6.45) is 5.58. The number of carbonyl (C=O) groups is 2. The molecular weight excluding hydrogens is 428 g/mol. The molecule has 3 aromatic rings. The summed E-state index contributed by atoms with van der Waals surface area (Å²) in [4.78, 5) is 30.0. The summed E-state index contributed by atoms with van der Waals surface area (Å²) in [6, 6.07) is 16.1.